The SMILES string of the molecule is CC(O)C(O)C=CC=Cc1cccc(O)c1C=O. The number of aldehydes is 1. The minimum absolute atomic E-state index is 0.0693. The molecule has 0 aliphatic rings. The van der Waals surface area contributed by atoms with E-state index in [9.17, 15) is 15.0 Å². The molecule has 2 unspecified atom stereocenters. The molecule has 2 atom stereocenters. The van der Waals surface area contributed by atoms with Crippen molar-refractivity contribution >= 4 is 12.4 Å². The number of benzene rings is 1. The van der Waals surface area contributed by atoms with Gasteiger partial charge in [0.25, 0.3) is 0 Å². The molecule has 0 saturated carbocycles. The third-order valence-corrected chi connectivity index (χ3v) is 2.42. The molecule has 4 nitrogen and oxygen atoms in total. The molecule has 1 rings (SSSR count). The van der Waals surface area contributed by atoms with Crippen LogP contribution in [-0.4, -0.2) is 33.8 Å². The monoisotopic (exact) mass is 248 g/mol. The van der Waals surface area contributed by atoms with Crippen LogP contribution in [0, 0.1) is 0 Å². The second kappa shape index (κ2) is 6.74. The molecule has 0 spiro atoms. The molecule has 0 aromatic heterocycles. The molecule has 0 radical (unpaired) electrons. The highest BCUT2D eigenvalue weighted by Gasteiger charge is 2.05. The zero-order valence-corrected chi connectivity index (χ0v) is 10.0. The fourth-order valence-electron chi connectivity index (χ4n) is 1.34. The van der Waals surface area contributed by atoms with E-state index < -0.39 is 12.2 Å². The number of carbonyl (C=O) groups excluding carboxylic acids is 1. The Morgan fingerprint density at radius 2 is 1.94 bits per heavy atom. The molecule has 18 heavy (non-hydrogen) atoms. The first-order valence-corrected chi connectivity index (χ1v) is 5.54. The highest BCUT2D eigenvalue weighted by molar-refractivity contribution is 5.85. The average Bonchev–Trinajstić information content (AvgIpc) is 2.34. The maximum atomic E-state index is 10.8. The Hall–Kier alpha value is -1.91. The number of aliphatic hydroxyl groups excluding tert-OH is 2. The first kappa shape index (κ1) is 14.2. The standard InChI is InChI=1S/C14H16O4/c1-10(16)13(17)7-3-2-5-11-6-4-8-14(18)12(11)9-15/h2-10,13,16-18H,1H3. The van der Waals surface area contributed by atoms with Gasteiger partial charge in [0.2, 0.25) is 0 Å². The van der Waals surface area contributed by atoms with E-state index in [0.717, 1.165) is 0 Å². The molecular weight excluding hydrogens is 232 g/mol. The Balaban J connectivity index is 2.79. The van der Waals surface area contributed by atoms with Gasteiger partial charge in [-0.2, -0.15) is 0 Å². The summed E-state index contributed by atoms with van der Waals surface area (Å²) in [6, 6.07) is 4.77. The van der Waals surface area contributed by atoms with Crippen molar-refractivity contribution in [2.45, 2.75) is 19.1 Å². The number of phenols is 1. The third-order valence-electron chi connectivity index (χ3n) is 2.42. The summed E-state index contributed by atoms with van der Waals surface area (Å²) in [4.78, 5) is 10.8. The average molecular weight is 248 g/mol. The Morgan fingerprint density at radius 3 is 2.56 bits per heavy atom. The topological polar surface area (TPSA) is 77.8 Å². The maximum Gasteiger partial charge on any atom is 0.154 e. The predicted octanol–water partition coefficient (Wildman–Crippen LogP) is 1.52. The summed E-state index contributed by atoms with van der Waals surface area (Å²) >= 11 is 0. The minimum atomic E-state index is -0.927. The van der Waals surface area contributed by atoms with Gasteiger partial charge in [0.05, 0.1) is 17.8 Å². The van der Waals surface area contributed by atoms with Crippen LogP contribution in [0.4, 0.5) is 0 Å². The number of rotatable bonds is 5. The molecular formula is C14H16O4. The third kappa shape index (κ3) is 3.84. The van der Waals surface area contributed by atoms with E-state index in [1.54, 1.807) is 30.4 Å². The fraction of sp³-hybridized carbons (Fsp3) is 0.214. The molecule has 1 aromatic carbocycles. The summed E-state index contributed by atoms with van der Waals surface area (Å²) in [6.45, 7) is 1.48. The van der Waals surface area contributed by atoms with Gasteiger partial charge in [0.15, 0.2) is 6.29 Å². The number of aromatic hydroxyl groups is 1. The molecule has 0 fully saturated rings. The first-order chi connectivity index (χ1) is 8.56. The zero-order chi connectivity index (χ0) is 13.5. The second-order valence-corrected chi connectivity index (χ2v) is 3.87. The van der Waals surface area contributed by atoms with Crippen LogP contribution >= 0.6 is 0 Å². The number of phenolic OH excluding ortho intramolecular Hbond substituents is 1. The van der Waals surface area contributed by atoms with Gasteiger partial charge in [-0.05, 0) is 18.6 Å². The van der Waals surface area contributed by atoms with Crippen LogP contribution in [0.25, 0.3) is 6.08 Å². The summed E-state index contributed by atoms with van der Waals surface area (Å²) in [6.07, 6.45) is 5.08. The lowest BCUT2D eigenvalue weighted by Crippen LogP contribution is -2.19. The van der Waals surface area contributed by atoms with Gasteiger partial charge < -0.3 is 15.3 Å². The van der Waals surface area contributed by atoms with Crippen LogP contribution < -0.4 is 0 Å². The fourth-order valence-corrected chi connectivity index (χ4v) is 1.34. The molecule has 3 N–H and O–H groups in total. The van der Waals surface area contributed by atoms with E-state index in [2.05, 4.69) is 0 Å². The maximum absolute atomic E-state index is 10.8. The number of aliphatic hydroxyl groups is 2. The predicted molar refractivity (Wildman–Crippen MR) is 69.4 cm³/mol. The van der Waals surface area contributed by atoms with Crippen molar-refractivity contribution in [1.82, 2.24) is 0 Å². The summed E-state index contributed by atoms with van der Waals surface area (Å²) in [5.74, 6) is -0.0693. The van der Waals surface area contributed by atoms with Gasteiger partial charge in [-0.3, -0.25) is 4.79 Å². The number of hydrogen-bond donors (Lipinski definition) is 3. The number of carbonyl (C=O) groups is 1. The van der Waals surface area contributed by atoms with E-state index in [1.807, 2.05) is 0 Å². The normalized spacial score (nSPS) is 15.1. The Bertz CT molecular complexity index is 461. The molecule has 4 heteroatoms. The van der Waals surface area contributed by atoms with Crippen molar-refractivity contribution in [2.75, 3.05) is 0 Å². The van der Waals surface area contributed by atoms with Crippen LogP contribution in [0.15, 0.2) is 36.4 Å². The summed E-state index contributed by atoms with van der Waals surface area (Å²) in [5, 5.41) is 27.8. The van der Waals surface area contributed by atoms with Crippen molar-refractivity contribution in [2.24, 2.45) is 0 Å². The highest BCUT2D eigenvalue weighted by atomic mass is 16.3. The van der Waals surface area contributed by atoms with Crippen molar-refractivity contribution < 1.29 is 20.1 Å². The summed E-state index contributed by atoms with van der Waals surface area (Å²) in [5.41, 5.74) is 0.805. The molecule has 96 valence electrons. The van der Waals surface area contributed by atoms with Crippen LogP contribution in [0.5, 0.6) is 5.75 Å². The summed E-state index contributed by atoms with van der Waals surface area (Å²) < 4.78 is 0. The molecule has 0 aliphatic carbocycles. The van der Waals surface area contributed by atoms with Gasteiger partial charge in [-0.1, -0.05) is 36.4 Å². The zero-order valence-electron chi connectivity index (χ0n) is 10.0. The van der Waals surface area contributed by atoms with Gasteiger partial charge in [-0.25, -0.2) is 0 Å². The van der Waals surface area contributed by atoms with Crippen molar-refractivity contribution in [3.8, 4) is 5.75 Å². The van der Waals surface area contributed by atoms with Gasteiger partial charge >= 0.3 is 0 Å². The van der Waals surface area contributed by atoms with Gasteiger partial charge in [0.1, 0.15) is 5.75 Å². The van der Waals surface area contributed by atoms with E-state index in [0.29, 0.717) is 11.8 Å². The molecule has 0 saturated heterocycles. The minimum Gasteiger partial charge on any atom is -0.507 e. The molecule has 1 aromatic rings. The lowest BCUT2D eigenvalue weighted by Gasteiger charge is -2.06. The van der Waals surface area contributed by atoms with E-state index >= 15 is 0 Å². The number of hydrogen-bond acceptors (Lipinski definition) is 4. The largest absolute Gasteiger partial charge is 0.507 e. The molecule has 0 aliphatic heterocycles. The Morgan fingerprint density at radius 1 is 1.22 bits per heavy atom. The van der Waals surface area contributed by atoms with Crippen LogP contribution in [-0.2, 0) is 0 Å². The lowest BCUT2D eigenvalue weighted by molar-refractivity contribution is 0.0619. The number of allylic oxidation sites excluding steroid dienone is 2. The van der Waals surface area contributed by atoms with Crippen molar-refractivity contribution in [1.29, 1.82) is 0 Å². The molecule has 0 bridgehead atoms. The lowest BCUT2D eigenvalue weighted by atomic mass is 10.1. The highest BCUT2D eigenvalue weighted by Crippen LogP contribution is 2.19. The molecule has 0 amide bonds. The molecule has 0 heterocycles. The van der Waals surface area contributed by atoms with Gasteiger partial charge in [-0.15, -0.1) is 0 Å². The first-order valence-electron chi connectivity index (χ1n) is 5.54. The smallest absolute Gasteiger partial charge is 0.154 e. The van der Waals surface area contributed by atoms with Crippen LogP contribution in [0.1, 0.15) is 22.8 Å². The Kier molecular flexibility index (Phi) is 5.30. The van der Waals surface area contributed by atoms with Crippen LogP contribution in [0.3, 0.4) is 0 Å². The van der Waals surface area contributed by atoms with Crippen molar-refractivity contribution in [3.63, 3.8) is 0 Å². The van der Waals surface area contributed by atoms with Crippen LogP contribution in [0.2, 0.25) is 0 Å². The second-order valence-electron chi connectivity index (χ2n) is 3.87. The van der Waals surface area contributed by atoms with E-state index in [-0.39, 0.29) is 11.3 Å². The van der Waals surface area contributed by atoms with E-state index in [1.165, 1.54) is 19.1 Å². The quantitative estimate of drug-likeness (QED) is 0.545. The Labute approximate surface area is 106 Å². The summed E-state index contributed by atoms with van der Waals surface area (Å²) in [7, 11) is 0. The van der Waals surface area contributed by atoms with Crippen molar-refractivity contribution in [3.05, 3.63) is 47.6 Å². The van der Waals surface area contributed by atoms with Gasteiger partial charge in [0, 0.05) is 0 Å². The van der Waals surface area contributed by atoms with E-state index in [4.69, 9.17) is 5.11 Å².